The van der Waals surface area contributed by atoms with Crippen LogP contribution in [0.4, 0.5) is 5.69 Å². The molecule has 0 aliphatic heterocycles. The lowest BCUT2D eigenvalue weighted by Gasteiger charge is -1.99. The monoisotopic (exact) mass is 189 g/mol. The number of hydrogen-bond donors (Lipinski definition) is 1. The fourth-order valence-electron chi connectivity index (χ4n) is 1.19. The number of aromatic nitrogens is 2. The normalized spacial score (nSPS) is 10.1. The van der Waals surface area contributed by atoms with Crippen LogP contribution in [0.3, 0.4) is 0 Å². The summed E-state index contributed by atoms with van der Waals surface area (Å²) in [5.41, 5.74) is 1.99. The first-order valence-corrected chi connectivity index (χ1v) is 4.38. The number of nitrogens with zero attached hydrogens (tertiary/aromatic N) is 2. The molecule has 0 aliphatic carbocycles. The second kappa shape index (κ2) is 3.49. The molecule has 1 aromatic carbocycles. The summed E-state index contributed by atoms with van der Waals surface area (Å²) in [6.07, 6.45) is 0. The van der Waals surface area contributed by atoms with Crippen molar-refractivity contribution < 1.29 is 4.52 Å². The number of aryl methyl sites for hydroxylation is 1. The molecule has 0 aliphatic rings. The molecule has 72 valence electrons. The SMILES string of the molecule is CNc1ccc(-c2nc(C)no2)cc1. The van der Waals surface area contributed by atoms with Crippen molar-refractivity contribution in [1.82, 2.24) is 10.1 Å². The van der Waals surface area contributed by atoms with Gasteiger partial charge in [0.05, 0.1) is 0 Å². The molecule has 0 atom stereocenters. The third-order valence-corrected chi connectivity index (χ3v) is 1.95. The van der Waals surface area contributed by atoms with Gasteiger partial charge in [-0.25, -0.2) is 0 Å². The Morgan fingerprint density at radius 1 is 1.21 bits per heavy atom. The number of anilines is 1. The molecule has 0 spiro atoms. The Kier molecular flexibility index (Phi) is 2.18. The molecular weight excluding hydrogens is 178 g/mol. The second-order valence-electron chi connectivity index (χ2n) is 2.97. The zero-order valence-corrected chi connectivity index (χ0v) is 8.11. The van der Waals surface area contributed by atoms with Crippen LogP contribution >= 0.6 is 0 Å². The van der Waals surface area contributed by atoms with Crippen LogP contribution in [0.25, 0.3) is 11.5 Å². The standard InChI is InChI=1S/C10H11N3O/c1-7-12-10(14-13-7)8-3-5-9(11-2)6-4-8/h3-6,11H,1-2H3. The quantitative estimate of drug-likeness (QED) is 0.785. The van der Waals surface area contributed by atoms with Gasteiger partial charge in [0.25, 0.3) is 5.89 Å². The summed E-state index contributed by atoms with van der Waals surface area (Å²) in [6, 6.07) is 7.82. The van der Waals surface area contributed by atoms with Crippen LogP contribution in [0.1, 0.15) is 5.82 Å². The first kappa shape index (κ1) is 8.74. The Hall–Kier alpha value is -1.84. The zero-order chi connectivity index (χ0) is 9.97. The van der Waals surface area contributed by atoms with Gasteiger partial charge >= 0.3 is 0 Å². The highest BCUT2D eigenvalue weighted by Gasteiger charge is 2.04. The highest BCUT2D eigenvalue weighted by Crippen LogP contribution is 2.18. The van der Waals surface area contributed by atoms with E-state index in [1.165, 1.54) is 0 Å². The molecule has 0 amide bonds. The summed E-state index contributed by atoms with van der Waals surface area (Å²) >= 11 is 0. The van der Waals surface area contributed by atoms with Crippen LogP contribution in [0.15, 0.2) is 28.8 Å². The summed E-state index contributed by atoms with van der Waals surface area (Å²) in [4.78, 5) is 4.14. The van der Waals surface area contributed by atoms with Gasteiger partial charge in [-0.2, -0.15) is 4.98 Å². The lowest BCUT2D eigenvalue weighted by molar-refractivity contribution is 0.425. The Balaban J connectivity index is 2.33. The van der Waals surface area contributed by atoms with Crippen molar-refractivity contribution in [2.24, 2.45) is 0 Å². The Labute approximate surface area is 82.0 Å². The van der Waals surface area contributed by atoms with Gasteiger partial charge in [0, 0.05) is 18.3 Å². The van der Waals surface area contributed by atoms with Crippen LogP contribution in [0, 0.1) is 6.92 Å². The van der Waals surface area contributed by atoms with Gasteiger partial charge in [-0.15, -0.1) is 0 Å². The van der Waals surface area contributed by atoms with Crippen molar-refractivity contribution in [1.29, 1.82) is 0 Å². The lowest BCUT2D eigenvalue weighted by atomic mass is 10.2. The first-order chi connectivity index (χ1) is 6.79. The van der Waals surface area contributed by atoms with Gasteiger partial charge < -0.3 is 9.84 Å². The molecule has 0 fully saturated rings. The van der Waals surface area contributed by atoms with E-state index in [0.29, 0.717) is 11.7 Å². The third-order valence-electron chi connectivity index (χ3n) is 1.95. The lowest BCUT2D eigenvalue weighted by Crippen LogP contribution is -1.86. The molecule has 14 heavy (non-hydrogen) atoms. The van der Waals surface area contributed by atoms with E-state index in [1.807, 2.05) is 31.3 Å². The molecule has 0 saturated carbocycles. The van der Waals surface area contributed by atoms with Gasteiger partial charge in [-0.05, 0) is 31.2 Å². The van der Waals surface area contributed by atoms with Gasteiger partial charge in [0.1, 0.15) is 0 Å². The second-order valence-corrected chi connectivity index (χ2v) is 2.97. The fraction of sp³-hybridized carbons (Fsp3) is 0.200. The molecule has 4 nitrogen and oxygen atoms in total. The molecular formula is C10H11N3O. The number of rotatable bonds is 2. The van der Waals surface area contributed by atoms with E-state index < -0.39 is 0 Å². The minimum atomic E-state index is 0.560. The highest BCUT2D eigenvalue weighted by atomic mass is 16.5. The van der Waals surface area contributed by atoms with Crippen LogP contribution in [-0.4, -0.2) is 17.2 Å². The van der Waals surface area contributed by atoms with E-state index >= 15 is 0 Å². The smallest absolute Gasteiger partial charge is 0.257 e. The maximum absolute atomic E-state index is 5.04. The summed E-state index contributed by atoms with van der Waals surface area (Å²) < 4.78 is 5.04. The maximum Gasteiger partial charge on any atom is 0.257 e. The molecule has 4 heteroatoms. The Bertz CT molecular complexity index is 419. The number of hydrogen-bond acceptors (Lipinski definition) is 4. The maximum atomic E-state index is 5.04. The summed E-state index contributed by atoms with van der Waals surface area (Å²) in [6.45, 7) is 1.80. The van der Waals surface area contributed by atoms with Crippen LogP contribution in [-0.2, 0) is 0 Å². The van der Waals surface area contributed by atoms with Gasteiger partial charge in [0.2, 0.25) is 0 Å². The molecule has 0 saturated heterocycles. The molecule has 0 bridgehead atoms. The summed E-state index contributed by atoms with van der Waals surface area (Å²) in [5, 5.41) is 6.78. The largest absolute Gasteiger partial charge is 0.388 e. The minimum Gasteiger partial charge on any atom is -0.388 e. The van der Waals surface area contributed by atoms with Crippen molar-refractivity contribution >= 4 is 5.69 Å². The highest BCUT2D eigenvalue weighted by molar-refractivity contribution is 5.58. The average molecular weight is 189 g/mol. The Morgan fingerprint density at radius 2 is 1.93 bits per heavy atom. The number of nitrogens with one attached hydrogen (secondary N) is 1. The van der Waals surface area contributed by atoms with Crippen molar-refractivity contribution in [3.63, 3.8) is 0 Å². The van der Waals surface area contributed by atoms with Crippen LogP contribution in [0.5, 0.6) is 0 Å². The van der Waals surface area contributed by atoms with E-state index in [9.17, 15) is 0 Å². The minimum absolute atomic E-state index is 0.560. The van der Waals surface area contributed by atoms with Crippen molar-refractivity contribution in [2.45, 2.75) is 6.92 Å². The fourth-order valence-corrected chi connectivity index (χ4v) is 1.19. The molecule has 0 unspecified atom stereocenters. The van der Waals surface area contributed by atoms with E-state index in [2.05, 4.69) is 15.5 Å². The topological polar surface area (TPSA) is 51.0 Å². The zero-order valence-electron chi connectivity index (χ0n) is 8.11. The van der Waals surface area contributed by atoms with Crippen molar-refractivity contribution in [2.75, 3.05) is 12.4 Å². The van der Waals surface area contributed by atoms with E-state index in [0.717, 1.165) is 11.3 Å². The van der Waals surface area contributed by atoms with Crippen LogP contribution < -0.4 is 5.32 Å². The van der Waals surface area contributed by atoms with Gasteiger partial charge in [-0.3, -0.25) is 0 Å². The molecule has 2 rings (SSSR count). The first-order valence-electron chi connectivity index (χ1n) is 4.38. The van der Waals surface area contributed by atoms with Crippen LogP contribution in [0.2, 0.25) is 0 Å². The number of benzene rings is 1. The molecule has 1 N–H and O–H groups in total. The summed E-state index contributed by atoms with van der Waals surface area (Å²) in [7, 11) is 1.88. The van der Waals surface area contributed by atoms with E-state index in [4.69, 9.17) is 4.52 Å². The average Bonchev–Trinajstić information content (AvgIpc) is 2.65. The predicted octanol–water partition coefficient (Wildman–Crippen LogP) is 2.09. The predicted molar refractivity (Wildman–Crippen MR) is 54.0 cm³/mol. The molecule has 1 heterocycles. The van der Waals surface area contributed by atoms with Crippen molar-refractivity contribution in [3.8, 4) is 11.5 Å². The third kappa shape index (κ3) is 1.59. The van der Waals surface area contributed by atoms with Gasteiger partial charge in [0.15, 0.2) is 5.82 Å². The molecule has 1 aromatic heterocycles. The summed E-state index contributed by atoms with van der Waals surface area (Å²) in [5.74, 6) is 1.21. The van der Waals surface area contributed by atoms with Gasteiger partial charge in [-0.1, -0.05) is 5.16 Å². The van der Waals surface area contributed by atoms with Crippen molar-refractivity contribution in [3.05, 3.63) is 30.1 Å². The Morgan fingerprint density at radius 3 is 2.43 bits per heavy atom. The molecule has 2 aromatic rings. The van der Waals surface area contributed by atoms with E-state index in [-0.39, 0.29) is 0 Å². The molecule has 0 radical (unpaired) electrons. The van der Waals surface area contributed by atoms with E-state index in [1.54, 1.807) is 6.92 Å².